The van der Waals surface area contributed by atoms with Gasteiger partial charge in [0.25, 0.3) is 0 Å². The number of fused-ring (bicyclic) bond motifs is 1. The van der Waals surface area contributed by atoms with Crippen LogP contribution in [-0.2, 0) is 19.4 Å². The number of nitrogens with zero attached hydrogens (tertiary/aromatic N) is 2. The first kappa shape index (κ1) is 16.2. The molecule has 1 fully saturated rings. The fourth-order valence-electron chi connectivity index (χ4n) is 4.23. The fourth-order valence-corrected chi connectivity index (χ4v) is 4.36. The lowest BCUT2D eigenvalue weighted by atomic mass is 9.89. The minimum atomic E-state index is 0.784. The molecule has 128 valence electrons. The van der Waals surface area contributed by atoms with Crippen LogP contribution < -0.4 is 5.32 Å². The van der Waals surface area contributed by atoms with Gasteiger partial charge in [-0.15, -0.1) is 0 Å². The highest BCUT2D eigenvalue weighted by Crippen LogP contribution is 2.32. The van der Waals surface area contributed by atoms with E-state index in [1.807, 2.05) is 12.1 Å². The molecular formula is C20H26ClN3. The molecule has 1 N–H and O–H groups in total. The summed E-state index contributed by atoms with van der Waals surface area (Å²) in [5.74, 6) is 0.784. The largest absolute Gasteiger partial charge is 0.316 e. The Morgan fingerprint density at radius 2 is 1.79 bits per heavy atom. The predicted molar refractivity (Wildman–Crippen MR) is 99.5 cm³/mol. The van der Waals surface area contributed by atoms with Gasteiger partial charge in [0, 0.05) is 35.7 Å². The van der Waals surface area contributed by atoms with E-state index in [2.05, 4.69) is 22.1 Å². The first-order valence-electron chi connectivity index (χ1n) is 9.36. The van der Waals surface area contributed by atoms with Crippen molar-refractivity contribution in [2.45, 2.75) is 51.5 Å². The maximum atomic E-state index is 6.11. The van der Waals surface area contributed by atoms with Crippen molar-refractivity contribution in [2.75, 3.05) is 13.1 Å². The van der Waals surface area contributed by atoms with Crippen LogP contribution in [0.3, 0.4) is 0 Å². The molecule has 2 aromatic rings. The molecule has 0 unspecified atom stereocenters. The van der Waals surface area contributed by atoms with Crippen molar-refractivity contribution in [1.29, 1.82) is 0 Å². The monoisotopic (exact) mass is 343 g/mol. The molecule has 0 saturated heterocycles. The fraction of sp³-hybridized carbons (Fsp3) is 0.550. The van der Waals surface area contributed by atoms with E-state index in [0.717, 1.165) is 43.4 Å². The second-order valence-electron chi connectivity index (χ2n) is 7.22. The molecule has 1 aromatic carbocycles. The zero-order chi connectivity index (χ0) is 16.4. The van der Waals surface area contributed by atoms with Gasteiger partial charge in [-0.3, -0.25) is 4.68 Å². The summed E-state index contributed by atoms with van der Waals surface area (Å²) in [5.41, 5.74) is 5.32. The highest BCUT2D eigenvalue weighted by molar-refractivity contribution is 6.30. The van der Waals surface area contributed by atoms with Gasteiger partial charge in [-0.25, -0.2) is 0 Å². The van der Waals surface area contributed by atoms with Crippen LogP contribution in [0.25, 0.3) is 11.3 Å². The lowest BCUT2D eigenvalue weighted by Crippen LogP contribution is -2.19. The lowest BCUT2D eigenvalue weighted by molar-refractivity contribution is 0.309. The number of benzene rings is 1. The van der Waals surface area contributed by atoms with Crippen molar-refractivity contribution in [3.63, 3.8) is 0 Å². The molecule has 1 aliphatic heterocycles. The molecule has 2 heterocycles. The van der Waals surface area contributed by atoms with Crippen LogP contribution in [0.4, 0.5) is 0 Å². The van der Waals surface area contributed by atoms with Gasteiger partial charge < -0.3 is 5.32 Å². The van der Waals surface area contributed by atoms with Crippen LogP contribution in [-0.4, -0.2) is 22.9 Å². The Labute approximate surface area is 149 Å². The summed E-state index contributed by atoms with van der Waals surface area (Å²) in [6, 6.07) is 8.29. The quantitative estimate of drug-likeness (QED) is 0.891. The van der Waals surface area contributed by atoms with Gasteiger partial charge in [0.15, 0.2) is 0 Å². The summed E-state index contributed by atoms with van der Waals surface area (Å²) >= 11 is 6.11. The van der Waals surface area contributed by atoms with E-state index in [1.54, 1.807) is 0 Å². The summed E-state index contributed by atoms with van der Waals surface area (Å²) in [5, 5.41) is 9.34. The minimum absolute atomic E-state index is 0.784. The molecule has 1 aliphatic carbocycles. The zero-order valence-corrected chi connectivity index (χ0v) is 15.0. The third-order valence-corrected chi connectivity index (χ3v) is 5.75. The Morgan fingerprint density at radius 3 is 2.58 bits per heavy atom. The van der Waals surface area contributed by atoms with E-state index in [4.69, 9.17) is 16.7 Å². The smallest absolute Gasteiger partial charge is 0.0717 e. The Balaban J connectivity index is 1.72. The van der Waals surface area contributed by atoms with Crippen molar-refractivity contribution >= 4 is 11.6 Å². The Hall–Kier alpha value is -1.32. The maximum absolute atomic E-state index is 6.11. The molecule has 1 saturated carbocycles. The van der Waals surface area contributed by atoms with Gasteiger partial charge in [-0.05, 0) is 43.9 Å². The normalized spacial score (nSPS) is 19.0. The van der Waals surface area contributed by atoms with E-state index >= 15 is 0 Å². The predicted octanol–water partition coefficient (Wildman–Crippen LogP) is 4.47. The number of halogens is 1. The van der Waals surface area contributed by atoms with E-state index in [-0.39, 0.29) is 0 Å². The molecule has 0 radical (unpaired) electrons. The second kappa shape index (κ2) is 7.28. The molecule has 24 heavy (non-hydrogen) atoms. The van der Waals surface area contributed by atoms with Crippen LogP contribution in [0, 0.1) is 5.92 Å². The third-order valence-electron chi connectivity index (χ3n) is 5.50. The first-order valence-corrected chi connectivity index (χ1v) is 9.74. The van der Waals surface area contributed by atoms with Gasteiger partial charge in [0.2, 0.25) is 0 Å². The van der Waals surface area contributed by atoms with Crippen LogP contribution in [0.2, 0.25) is 5.02 Å². The summed E-state index contributed by atoms with van der Waals surface area (Å²) in [6.45, 7) is 3.15. The van der Waals surface area contributed by atoms with Crippen LogP contribution in [0.1, 0.15) is 43.4 Å². The number of hydrogen-bond acceptors (Lipinski definition) is 2. The molecule has 4 rings (SSSR count). The Morgan fingerprint density at radius 1 is 1.04 bits per heavy atom. The van der Waals surface area contributed by atoms with Crippen molar-refractivity contribution in [3.05, 3.63) is 40.5 Å². The van der Waals surface area contributed by atoms with Crippen molar-refractivity contribution in [3.8, 4) is 11.3 Å². The zero-order valence-electron chi connectivity index (χ0n) is 14.2. The summed E-state index contributed by atoms with van der Waals surface area (Å²) in [6.07, 6.45) is 8.98. The average molecular weight is 344 g/mol. The van der Waals surface area contributed by atoms with Gasteiger partial charge in [-0.1, -0.05) is 43.0 Å². The van der Waals surface area contributed by atoms with Crippen LogP contribution >= 0.6 is 11.6 Å². The summed E-state index contributed by atoms with van der Waals surface area (Å²) in [4.78, 5) is 0. The van der Waals surface area contributed by atoms with Gasteiger partial charge in [0.1, 0.15) is 0 Å². The van der Waals surface area contributed by atoms with E-state index in [0.29, 0.717) is 0 Å². The van der Waals surface area contributed by atoms with Crippen molar-refractivity contribution in [2.24, 2.45) is 5.92 Å². The molecule has 2 aliphatic rings. The van der Waals surface area contributed by atoms with E-state index < -0.39 is 0 Å². The summed E-state index contributed by atoms with van der Waals surface area (Å²) in [7, 11) is 0. The molecule has 0 spiro atoms. The Bertz CT molecular complexity index is 684. The van der Waals surface area contributed by atoms with E-state index in [1.165, 1.54) is 54.6 Å². The standard InChI is InChI=1S/C20H26ClN3/c21-17-8-6-16(7-9-17)20-18-10-12-22-13-11-19(18)23-24(20)14-15-4-2-1-3-5-15/h6-9,15,22H,1-5,10-14H2. The van der Waals surface area contributed by atoms with Gasteiger partial charge in [0.05, 0.1) is 11.4 Å². The van der Waals surface area contributed by atoms with Crippen LogP contribution in [0.5, 0.6) is 0 Å². The van der Waals surface area contributed by atoms with Crippen LogP contribution in [0.15, 0.2) is 24.3 Å². The topological polar surface area (TPSA) is 29.9 Å². The van der Waals surface area contributed by atoms with Crippen molar-refractivity contribution < 1.29 is 0 Å². The number of hydrogen-bond donors (Lipinski definition) is 1. The lowest BCUT2D eigenvalue weighted by Gasteiger charge is -2.22. The third kappa shape index (κ3) is 3.38. The SMILES string of the molecule is Clc1ccc(-c2c3c(nn2CC2CCCCC2)CCNCC3)cc1. The second-order valence-corrected chi connectivity index (χ2v) is 7.65. The number of aromatic nitrogens is 2. The summed E-state index contributed by atoms with van der Waals surface area (Å²) < 4.78 is 2.31. The Kier molecular flexibility index (Phi) is 4.91. The highest BCUT2D eigenvalue weighted by Gasteiger charge is 2.23. The number of nitrogens with one attached hydrogen (secondary N) is 1. The van der Waals surface area contributed by atoms with Gasteiger partial charge >= 0.3 is 0 Å². The molecule has 3 nitrogen and oxygen atoms in total. The highest BCUT2D eigenvalue weighted by atomic mass is 35.5. The van der Waals surface area contributed by atoms with Gasteiger partial charge in [-0.2, -0.15) is 5.10 Å². The molecular weight excluding hydrogens is 318 g/mol. The van der Waals surface area contributed by atoms with E-state index in [9.17, 15) is 0 Å². The molecule has 1 aromatic heterocycles. The number of rotatable bonds is 3. The minimum Gasteiger partial charge on any atom is -0.316 e. The molecule has 0 bridgehead atoms. The maximum Gasteiger partial charge on any atom is 0.0717 e. The first-order chi connectivity index (χ1) is 11.8. The molecule has 4 heteroatoms. The average Bonchev–Trinajstić information content (AvgIpc) is 2.78. The molecule has 0 amide bonds. The molecule has 0 atom stereocenters. The van der Waals surface area contributed by atoms with Crippen molar-refractivity contribution in [1.82, 2.24) is 15.1 Å².